The van der Waals surface area contributed by atoms with Gasteiger partial charge in [-0.2, -0.15) is 0 Å². The van der Waals surface area contributed by atoms with Gasteiger partial charge in [0.15, 0.2) is 0 Å². The Kier molecular flexibility index (Phi) is 3.37. The molecule has 90 valence electrons. The number of hydrogen-bond acceptors (Lipinski definition) is 3. The lowest BCUT2D eigenvalue weighted by molar-refractivity contribution is -0.125. The van der Waals surface area contributed by atoms with E-state index in [9.17, 15) is 9.59 Å². The molecule has 2 rings (SSSR count). The summed E-state index contributed by atoms with van der Waals surface area (Å²) in [7, 11) is 0. The third-order valence-electron chi connectivity index (χ3n) is 2.85. The molecular weight excluding hydrogens is 218 g/mol. The molecule has 0 saturated carbocycles. The summed E-state index contributed by atoms with van der Waals surface area (Å²) in [4.78, 5) is 28.5. The van der Waals surface area contributed by atoms with E-state index in [-0.39, 0.29) is 17.9 Å². The smallest absolute Gasteiger partial charge is 0.323 e. The number of urea groups is 1. The molecule has 1 aromatic heterocycles. The van der Waals surface area contributed by atoms with E-state index in [1.54, 1.807) is 17.3 Å². The van der Waals surface area contributed by atoms with Crippen LogP contribution in [0.25, 0.3) is 0 Å². The number of amides is 3. The van der Waals surface area contributed by atoms with Crippen LogP contribution in [-0.2, 0) is 11.2 Å². The lowest BCUT2D eigenvalue weighted by atomic mass is 10.1. The van der Waals surface area contributed by atoms with Gasteiger partial charge < -0.3 is 4.90 Å². The normalized spacial score (nSPS) is 20.3. The molecule has 5 nitrogen and oxygen atoms in total. The number of pyridine rings is 1. The van der Waals surface area contributed by atoms with Gasteiger partial charge in [-0.1, -0.05) is 13.0 Å². The van der Waals surface area contributed by atoms with Gasteiger partial charge in [0.25, 0.3) is 0 Å². The van der Waals surface area contributed by atoms with Crippen LogP contribution in [0.4, 0.5) is 4.79 Å². The van der Waals surface area contributed by atoms with E-state index < -0.39 is 0 Å². The lowest BCUT2D eigenvalue weighted by Gasteiger charge is -2.30. The maximum absolute atomic E-state index is 11.5. The minimum atomic E-state index is -0.294. The third kappa shape index (κ3) is 2.81. The van der Waals surface area contributed by atoms with Crippen LogP contribution < -0.4 is 5.32 Å². The van der Waals surface area contributed by atoms with Crippen LogP contribution in [0.3, 0.4) is 0 Å². The second kappa shape index (κ2) is 4.95. The first-order valence-electron chi connectivity index (χ1n) is 5.65. The second-order valence-electron chi connectivity index (χ2n) is 4.25. The maximum Gasteiger partial charge on any atom is 0.324 e. The summed E-state index contributed by atoms with van der Waals surface area (Å²) in [6, 6.07) is 3.55. The van der Waals surface area contributed by atoms with Crippen molar-refractivity contribution in [1.82, 2.24) is 15.2 Å². The van der Waals surface area contributed by atoms with Crippen molar-refractivity contribution in [3.63, 3.8) is 0 Å². The summed E-state index contributed by atoms with van der Waals surface area (Å²) >= 11 is 0. The van der Waals surface area contributed by atoms with Crippen molar-refractivity contribution >= 4 is 11.9 Å². The Bertz CT molecular complexity index is 419. The van der Waals surface area contributed by atoms with E-state index in [0.29, 0.717) is 13.1 Å². The SMILES string of the molecule is CC1CN(CCc2cccnc2)C(=O)NC1=O. The van der Waals surface area contributed by atoms with E-state index in [1.165, 1.54) is 0 Å². The van der Waals surface area contributed by atoms with Crippen LogP contribution in [0.15, 0.2) is 24.5 Å². The van der Waals surface area contributed by atoms with Crippen molar-refractivity contribution in [2.45, 2.75) is 13.3 Å². The van der Waals surface area contributed by atoms with Gasteiger partial charge in [-0.3, -0.25) is 15.1 Å². The standard InChI is InChI=1S/C12H15N3O2/c1-9-8-15(12(17)14-11(9)16)6-4-10-3-2-5-13-7-10/h2-3,5,7,9H,4,6,8H2,1H3,(H,14,16,17). The predicted molar refractivity (Wildman–Crippen MR) is 62.2 cm³/mol. The average molecular weight is 233 g/mol. The minimum Gasteiger partial charge on any atom is -0.323 e. The molecule has 3 amide bonds. The van der Waals surface area contributed by atoms with E-state index in [2.05, 4.69) is 10.3 Å². The Morgan fingerprint density at radius 2 is 2.35 bits per heavy atom. The molecule has 0 aliphatic carbocycles. The molecule has 1 unspecified atom stereocenters. The van der Waals surface area contributed by atoms with Crippen molar-refractivity contribution in [2.24, 2.45) is 5.92 Å². The maximum atomic E-state index is 11.5. The molecule has 2 heterocycles. The number of nitrogens with zero attached hydrogens (tertiary/aromatic N) is 2. The Morgan fingerprint density at radius 1 is 1.53 bits per heavy atom. The zero-order valence-electron chi connectivity index (χ0n) is 9.72. The number of aromatic nitrogens is 1. The summed E-state index contributed by atoms with van der Waals surface area (Å²) in [6.07, 6.45) is 4.26. The Hall–Kier alpha value is -1.91. The van der Waals surface area contributed by atoms with Crippen LogP contribution in [0, 0.1) is 5.92 Å². The van der Waals surface area contributed by atoms with Gasteiger partial charge in [-0.15, -0.1) is 0 Å². The van der Waals surface area contributed by atoms with Crippen molar-refractivity contribution in [1.29, 1.82) is 0 Å². The van der Waals surface area contributed by atoms with Crippen LogP contribution in [0.1, 0.15) is 12.5 Å². The Morgan fingerprint density at radius 3 is 3.06 bits per heavy atom. The minimum absolute atomic E-state index is 0.137. The molecule has 5 heteroatoms. The number of carbonyl (C=O) groups excluding carboxylic acids is 2. The van der Waals surface area contributed by atoms with Crippen molar-refractivity contribution in [2.75, 3.05) is 13.1 Å². The number of nitrogens with one attached hydrogen (secondary N) is 1. The highest BCUT2D eigenvalue weighted by molar-refractivity contribution is 5.97. The van der Waals surface area contributed by atoms with Crippen LogP contribution in [-0.4, -0.2) is 34.9 Å². The first-order valence-corrected chi connectivity index (χ1v) is 5.65. The second-order valence-corrected chi connectivity index (χ2v) is 4.25. The molecule has 1 aliphatic rings. The molecule has 0 radical (unpaired) electrons. The number of hydrogen-bond donors (Lipinski definition) is 1. The largest absolute Gasteiger partial charge is 0.324 e. The van der Waals surface area contributed by atoms with Crippen molar-refractivity contribution in [3.05, 3.63) is 30.1 Å². The molecule has 1 fully saturated rings. The number of carbonyl (C=O) groups is 2. The summed E-state index contributed by atoms with van der Waals surface area (Å²) < 4.78 is 0. The summed E-state index contributed by atoms with van der Waals surface area (Å²) in [5.74, 6) is -0.325. The van der Waals surface area contributed by atoms with Crippen molar-refractivity contribution in [3.8, 4) is 0 Å². The van der Waals surface area contributed by atoms with Gasteiger partial charge in [0, 0.05) is 25.5 Å². The summed E-state index contributed by atoms with van der Waals surface area (Å²) in [5.41, 5.74) is 1.09. The fraction of sp³-hybridized carbons (Fsp3) is 0.417. The summed E-state index contributed by atoms with van der Waals surface area (Å²) in [5, 5.41) is 2.35. The van der Waals surface area contributed by atoms with Gasteiger partial charge in [0.2, 0.25) is 5.91 Å². The first-order chi connectivity index (χ1) is 8.16. The summed E-state index contributed by atoms with van der Waals surface area (Å²) in [6.45, 7) is 2.92. The Balaban J connectivity index is 1.91. The zero-order chi connectivity index (χ0) is 12.3. The quantitative estimate of drug-likeness (QED) is 0.840. The molecule has 1 N–H and O–H groups in total. The number of imide groups is 1. The van der Waals surface area contributed by atoms with Crippen LogP contribution in [0.2, 0.25) is 0 Å². The molecular formula is C12H15N3O2. The highest BCUT2D eigenvalue weighted by atomic mass is 16.2. The molecule has 0 spiro atoms. The molecule has 1 saturated heterocycles. The topological polar surface area (TPSA) is 62.3 Å². The van der Waals surface area contributed by atoms with E-state index >= 15 is 0 Å². The molecule has 1 aliphatic heterocycles. The third-order valence-corrected chi connectivity index (χ3v) is 2.85. The van der Waals surface area contributed by atoms with Crippen LogP contribution in [0.5, 0.6) is 0 Å². The van der Waals surface area contributed by atoms with Gasteiger partial charge in [-0.05, 0) is 18.1 Å². The van der Waals surface area contributed by atoms with Gasteiger partial charge >= 0.3 is 6.03 Å². The van der Waals surface area contributed by atoms with E-state index in [1.807, 2.05) is 19.1 Å². The predicted octanol–water partition coefficient (Wildman–Crippen LogP) is 0.812. The highest BCUT2D eigenvalue weighted by Crippen LogP contribution is 2.08. The van der Waals surface area contributed by atoms with Crippen molar-refractivity contribution < 1.29 is 9.59 Å². The molecule has 0 aromatic carbocycles. The fourth-order valence-corrected chi connectivity index (χ4v) is 1.81. The first kappa shape index (κ1) is 11.6. The highest BCUT2D eigenvalue weighted by Gasteiger charge is 2.28. The monoisotopic (exact) mass is 233 g/mol. The van der Waals surface area contributed by atoms with Gasteiger partial charge in [0.1, 0.15) is 0 Å². The van der Waals surface area contributed by atoms with Gasteiger partial charge in [-0.25, -0.2) is 4.79 Å². The molecule has 1 atom stereocenters. The van der Waals surface area contributed by atoms with E-state index in [4.69, 9.17) is 0 Å². The van der Waals surface area contributed by atoms with Gasteiger partial charge in [0.05, 0.1) is 5.92 Å². The average Bonchev–Trinajstić information content (AvgIpc) is 2.33. The van der Waals surface area contributed by atoms with E-state index in [0.717, 1.165) is 12.0 Å². The lowest BCUT2D eigenvalue weighted by Crippen LogP contribution is -2.54. The molecule has 17 heavy (non-hydrogen) atoms. The Labute approximate surface area is 99.8 Å². The fourth-order valence-electron chi connectivity index (χ4n) is 1.81. The zero-order valence-corrected chi connectivity index (χ0v) is 9.72. The molecule has 0 bridgehead atoms. The van der Waals surface area contributed by atoms with Crippen LogP contribution >= 0.6 is 0 Å². The molecule has 1 aromatic rings. The number of rotatable bonds is 3.